The van der Waals surface area contributed by atoms with Gasteiger partial charge in [-0.1, -0.05) is 6.07 Å². The van der Waals surface area contributed by atoms with Crippen molar-refractivity contribution in [2.45, 2.75) is 19.4 Å². The molecule has 1 unspecified atom stereocenters. The lowest BCUT2D eigenvalue weighted by Gasteiger charge is -2.15. The van der Waals surface area contributed by atoms with Gasteiger partial charge in [0.2, 0.25) is 5.91 Å². The summed E-state index contributed by atoms with van der Waals surface area (Å²) in [5, 5.41) is 11.5. The molecule has 0 spiro atoms. The van der Waals surface area contributed by atoms with E-state index in [-0.39, 0.29) is 24.3 Å². The molecule has 1 amide bonds. The maximum absolute atomic E-state index is 13.6. The highest BCUT2D eigenvalue weighted by molar-refractivity contribution is 5.84. The number of benzene rings is 1. The van der Waals surface area contributed by atoms with Gasteiger partial charge in [-0.2, -0.15) is 0 Å². The Balaban J connectivity index is 2.80. The first-order valence-electron chi connectivity index (χ1n) is 6.43. The van der Waals surface area contributed by atoms with Gasteiger partial charge in [0.05, 0.1) is 13.7 Å². The molecule has 116 valence electrons. The number of carbonyl (C=O) groups is 2. The fourth-order valence-corrected chi connectivity index (χ4v) is 1.69. The van der Waals surface area contributed by atoms with E-state index >= 15 is 0 Å². The Morgan fingerprint density at radius 2 is 2.14 bits per heavy atom. The number of carboxylic acids is 1. The highest BCUT2D eigenvalue weighted by Crippen LogP contribution is 2.22. The first-order valence-corrected chi connectivity index (χ1v) is 6.43. The first kappa shape index (κ1) is 16.9. The van der Waals surface area contributed by atoms with E-state index in [4.69, 9.17) is 14.6 Å². The van der Waals surface area contributed by atoms with Crippen LogP contribution in [0.4, 0.5) is 4.39 Å². The third kappa shape index (κ3) is 5.03. The van der Waals surface area contributed by atoms with Crippen LogP contribution in [0.1, 0.15) is 24.9 Å². The lowest BCUT2D eigenvalue weighted by Crippen LogP contribution is -2.34. The molecule has 6 nitrogen and oxygen atoms in total. The average Bonchev–Trinajstić information content (AvgIpc) is 2.44. The van der Waals surface area contributed by atoms with Gasteiger partial charge < -0.3 is 19.9 Å². The number of aliphatic carboxylic acids is 1. The lowest BCUT2D eigenvalue weighted by molar-refractivity contribution is -0.142. The molecule has 0 aliphatic heterocycles. The Morgan fingerprint density at radius 3 is 2.67 bits per heavy atom. The molecule has 0 saturated heterocycles. The van der Waals surface area contributed by atoms with Crippen molar-refractivity contribution in [1.82, 2.24) is 5.32 Å². The van der Waals surface area contributed by atoms with Gasteiger partial charge in [0.25, 0.3) is 0 Å². The molecule has 1 aromatic rings. The summed E-state index contributed by atoms with van der Waals surface area (Å²) in [6.45, 7) is 2.46. The number of ether oxygens (including phenoxy) is 2. The van der Waals surface area contributed by atoms with E-state index in [1.54, 1.807) is 6.92 Å². The number of carboxylic acid groups (broad SMARTS) is 1. The van der Waals surface area contributed by atoms with E-state index in [9.17, 15) is 14.0 Å². The normalized spacial score (nSPS) is 11.8. The molecule has 0 heterocycles. The van der Waals surface area contributed by atoms with E-state index in [2.05, 4.69) is 5.32 Å². The summed E-state index contributed by atoms with van der Waals surface area (Å²) < 4.78 is 23.4. The van der Waals surface area contributed by atoms with Crippen LogP contribution < -0.4 is 10.1 Å². The number of amides is 1. The van der Waals surface area contributed by atoms with Crippen LogP contribution in [0.2, 0.25) is 0 Å². The van der Waals surface area contributed by atoms with Crippen LogP contribution in [0.15, 0.2) is 18.2 Å². The Morgan fingerprint density at radius 1 is 1.43 bits per heavy atom. The number of hydrogen-bond acceptors (Lipinski definition) is 4. The standard InChI is InChI=1S/C14H18FNO5/c1-3-21-7-6-12(17)16-13(14(18)19)9-4-5-11(20-2)10(15)8-9/h4-5,8,13H,3,6-7H2,1-2H3,(H,16,17)(H,18,19). The van der Waals surface area contributed by atoms with Gasteiger partial charge in [-0.05, 0) is 24.6 Å². The number of carbonyl (C=O) groups excluding carboxylic acids is 1. The molecule has 0 aliphatic rings. The smallest absolute Gasteiger partial charge is 0.330 e. The van der Waals surface area contributed by atoms with Gasteiger partial charge in [-0.3, -0.25) is 4.79 Å². The van der Waals surface area contributed by atoms with E-state index < -0.39 is 23.7 Å². The molecule has 1 aromatic carbocycles. The highest BCUT2D eigenvalue weighted by atomic mass is 19.1. The van der Waals surface area contributed by atoms with Crippen molar-refractivity contribution in [3.8, 4) is 5.75 Å². The van der Waals surface area contributed by atoms with Crippen LogP contribution in [-0.2, 0) is 14.3 Å². The maximum atomic E-state index is 13.6. The molecule has 1 rings (SSSR count). The molecule has 0 aliphatic carbocycles. The Bertz CT molecular complexity index is 506. The Kier molecular flexibility index (Phi) is 6.61. The summed E-state index contributed by atoms with van der Waals surface area (Å²) in [4.78, 5) is 22.9. The summed E-state index contributed by atoms with van der Waals surface area (Å²) in [6.07, 6.45) is 0.0380. The molecule has 0 fully saturated rings. The van der Waals surface area contributed by atoms with Gasteiger partial charge in [-0.25, -0.2) is 9.18 Å². The Labute approximate surface area is 121 Å². The number of halogens is 1. The fraction of sp³-hybridized carbons (Fsp3) is 0.429. The third-order valence-corrected chi connectivity index (χ3v) is 2.74. The zero-order valence-electron chi connectivity index (χ0n) is 11.9. The van der Waals surface area contributed by atoms with Crippen LogP contribution >= 0.6 is 0 Å². The van der Waals surface area contributed by atoms with E-state index in [0.717, 1.165) is 6.07 Å². The number of nitrogens with one attached hydrogen (secondary N) is 1. The zero-order valence-corrected chi connectivity index (χ0v) is 11.9. The second kappa shape index (κ2) is 8.21. The van der Waals surface area contributed by atoms with E-state index in [0.29, 0.717) is 6.61 Å². The van der Waals surface area contributed by atoms with Crippen LogP contribution in [0, 0.1) is 5.82 Å². The summed E-state index contributed by atoms with van der Waals surface area (Å²) in [7, 11) is 1.31. The molecule has 21 heavy (non-hydrogen) atoms. The van der Waals surface area contributed by atoms with E-state index in [1.807, 2.05) is 0 Å². The molecule has 0 radical (unpaired) electrons. The van der Waals surface area contributed by atoms with Crippen LogP contribution in [0.3, 0.4) is 0 Å². The monoisotopic (exact) mass is 299 g/mol. The van der Waals surface area contributed by atoms with Crippen molar-refractivity contribution in [3.05, 3.63) is 29.6 Å². The topological polar surface area (TPSA) is 84.9 Å². The quantitative estimate of drug-likeness (QED) is 0.711. The maximum Gasteiger partial charge on any atom is 0.330 e. The van der Waals surface area contributed by atoms with Gasteiger partial charge in [0.1, 0.15) is 0 Å². The fourth-order valence-electron chi connectivity index (χ4n) is 1.69. The first-order chi connectivity index (χ1) is 9.99. The molecule has 1 atom stereocenters. The van der Waals surface area contributed by atoms with Crippen molar-refractivity contribution < 1.29 is 28.6 Å². The largest absolute Gasteiger partial charge is 0.494 e. The summed E-state index contributed by atoms with van der Waals surface area (Å²) in [5.41, 5.74) is 0.130. The van der Waals surface area contributed by atoms with Gasteiger partial charge in [-0.15, -0.1) is 0 Å². The minimum atomic E-state index is -1.32. The van der Waals surface area contributed by atoms with Gasteiger partial charge in [0.15, 0.2) is 17.6 Å². The zero-order chi connectivity index (χ0) is 15.8. The van der Waals surface area contributed by atoms with Crippen molar-refractivity contribution in [2.24, 2.45) is 0 Å². The highest BCUT2D eigenvalue weighted by Gasteiger charge is 2.23. The van der Waals surface area contributed by atoms with Crippen molar-refractivity contribution in [2.75, 3.05) is 20.3 Å². The lowest BCUT2D eigenvalue weighted by atomic mass is 10.1. The Hall–Kier alpha value is -2.15. The van der Waals surface area contributed by atoms with Crippen molar-refractivity contribution >= 4 is 11.9 Å². The molecular weight excluding hydrogens is 281 g/mol. The minimum Gasteiger partial charge on any atom is -0.494 e. The number of rotatable bonds is 8. The van der Waals surface area contributed by atoms with Crippen LogP contribution in [0.25, 0.3) is 0 Å². The molecule has 0 saturated carbocycles. The molecule has 0 aromatic heterocycles. The molecular formula is C14H18FNO5. The average molecular weight is 299 g/mol. The predicted octanol–water partition coefficient (Wildman–Crippen LogP) is 1.50. The molecule has 0 bridgehead atoms. The molecule has 7 heteroatoms. The second-order valence-electron chi connectivity index (χ2n) is 4.18. The second-order valence-corrected chi connectivity index (χ2v) is 4.18. The van der Waals surface area contributed by atoms with E-state index in [1.165, 1.54) is 19.2 Å². The van der Waals surface area contributed by atoms with Crippen molar-refractivity contribution in [3.63, 3.8) is 0 Å². The third-order valence-electron chi connectivity index (χ3n) is 2.74. The number of methoxy groups -OCH3 is 1. The van der Waals surface area contributed by atoms with Crippen LogP contribution in [0.5, 0.6) is 5.75 Å². The van der Waals surface area contributed by atoms with Crippen molar-refractivity contribution in [1.29, 1.82) is 0 Å². The summed E-state index contributed by atoms with van der Waals surface area (Å²) in [6, 6.07) is 2.41. The SMILES string of the molecule is CCOCCC(=O)NC(C(=O)O)c1ccc(OC)c(F)c1. The number of hydrogen-bond donors (Lipinski definition) is 2. The van der Waals surface area contributed by atoms with Gasteiger partial charge in [0, 0.05) is 13.0 Å². The van der Waals surface area contributed by atoms with Gasteiger partial charge >= 0.3 is 5.97 Å². The molecule has 2 N–H and O–H groups in total. The predicted molar refractivity (Wildman–Crippen MR) is 72.6 cm³/mol. The summed E-state index contributed by atoms with van der Waals surface area (Å²) in [5.74, 6) is -2.44. The summed E-state index contributed by atoms with van der Waals surface area (Å²) >= 11 is 0. The minimum absolute atomic E-state index is 0.00515. The van der Waals surface area contributed by atoms with Crippen LogP contribution in [-0.4, -0.2) is 37.3 Å².